The van der Waals surface area contributed by atoms with E-state index in [4.69, 9.17) is 4.74 Å². The van der Waals surface area contributed by atoms with Crippen LogP contribution in [0.15, 0.2) is 12.5 Å². The molecular formula is C13H24N4O. The number of methoxy groups -OCH3 is 1. The molecule has 0 spiro atoms. The van der Waals surface area contributed by atoms with E-state index >= 15 is 0 Å². The van der Waals surface area contributed by atoms with Crippen LogP contribution in [0, 0.1) is 0 Å². The Morgan fingerprint density at radius 3 is 3.06 bits per heavy atom. The highest BCUT2D eigenvalue weighted by atomic mass is 16.5. The molecule has 1 aromatic rings. The molecule has 0 aromatic carbocycles. The Morgan fingerprint density at radius 1 is 1.50 bits per heavy atom. The summed E-state index contributed by atoms with van der Waals surface area (Å²) in [7, 11) is 3.86. The van der Waals surface area contributed by atoms with E-state index in [0.717, 1.165) is 32.8 Å². The number of rotatable bonds is 9. The van der Waals surface area contributed by atoms with Gasteiger partial charge in [0.25, 0.3) is 0 Å². The van der Waals surface area contributed by atoms with Crippen molar-refractivity contribution < 1.29 is 4.74 Å². The van der Waals surface area contributed by atoms with Gasteiger partial charge in [-0.05, 0) is 19.9 Å². The number of ether oxygens (including phenoxy) is 1. The van der Waals surface area contributed by atoms with Gasteiger partial charge in [-0.15, -0.1) is 0 Å². The second-order valence-electron chi connectivity index (χ2n) is 5.00. The van der Waals surface area contributed by atoms with E-state index in [9.17, 15) is 0 Å². The van der Waals surface area contributed by atoms with Gasteiger partial charge in [0.2, 0.25) is 0 Å². The van der Waals surface area contributed by atoms with Gasteiger partial charge in [0.1, 0.15) is 0 Å². The topological polar surface area (TPSA) is 42.3 Å². The summed E-state index contributed by atoms with van der Waals surface area (Å²) in [5, 5.41) is 3.47. The number of nitrogens with zero attached hydrogens (tertiary/aromatic N) is 3. The minimum atomic E-state index is 0.716. The van der Waals surface area contributed by atoms with Gasteiger partial charge in [-0.25, -0.2) is 4.98 Å². The molecule has 0 amide bonds. The molecule has 0 radical (unpaired) electrons. The predicted octanol–water partition coefficient (Wildman–Crippen LogP) is 0.886. The van der Waals surface area contributed by atoms with Gasteiger partial charge in [0.15, 0.2) is 0 Å². The number of aromatic nitrogens is 2. The quantitative estimate of drug-likeness (QED) is 0.663. The summed E-state index contributed by atoms with van der Waals surface area (Å²) in [6.07, 6.45) is 6.55. The summed E-state index contributed by atoms with van der Waals surface area (Å²) in [6.45, 7) is 4.73. The van der Waals surface area contributed by atoms with Crippen LogP contribution in [0.25, 0.3) is 0 Å². The van der Waals surface area contributed by atoms with E-state index in [1.165, 1.54) is 18.5 Å². The summed E-state index contributed by atoms with van der Waals surface area (Å²) < 4.78 is 7.36. The van der Waals surface area contributed by atoms with Gasteiger partial charge in [-0.2, -0.15) is 0 Å². The van der Waals surface area contributed by atoms with Crippen molar-refractivity contribution in [1.29, 1.82) is 0 Å². The van der Waals surface area contributed by atoms with E-state index in [1.54, 1.807) is 7.11 Å². The molecule has 102 valence electrons. The second-order valence-corrected chi connectivity index (χ2v) is 5.00. The highest BCUT2D eigenvalue weighted by Gasteiger charge is 2.24. The fourth-order valence-electron chi connectivity index (χ4n) is 2.00. The van der Waals surface area contributed by atoms with E-state index in [-0.39, 0.29) is 0 Å². The third kappa shape index (κ3) is 4.08. The summed E-state index contributed by atoms with van der Waals surface area (Å²) in [5.41, 5.74) is 1.30. The first-order valence-electron chi connectivity index (χ1n) is 6.70. The van der Waals surface area contributed by atoms with Crippen LogP contribution in [0.1, 0.15) is 24.6 Å². The van der Waals surface area contributed by atoms with Crippen LogP contribution in [0.4, 0.5) is 0 Å². The molecule has 0 bridgehead atoms. The van der Waals surface area contributed by atoms with E-state index in [0.29, 0.717) is 6.04 Å². The molecule has 0 atom stereocenters. The highest BCUT2D eigenvalue weighted by Crippen LogP contribution is 2.35. The van der Waals surface area contributed by atoms with Crippen molar-refractivity contribution >= 4 is 0 Å². The first kappa shape index (κ1) is 13.5. The zero-order chi connectivity index (χ0) is 12.8. The largest absolute Gasteiger partial charge is 0.383 e. The molecule has 1 aliphatic rings. The Kier molecular flexibility index (Phi) is 5.16. The number of imidazole rings is 1. The second kappa shape index (κ2) is 6.87. The summed E-state index contributed by atoms with van der Waals surface area (Å²) in [4.78, 5) is 6.51. The Hall–Kier alpha value is -0.910. The molecule has 0 saturated heterocycles. The number of hydrogen-bond acceptors (Lipinski definition) is 4. The van der Waals surface area contributed by atoms with Crippen LogP contribution >= 0.6 is 0 Å². The standard InChI is InChI=1S/C13H24N4O/c1-16(7-8-18-2)6-5-14-9-13-10-15-11-17(13)12-3-4-12/h10-12,14H,3-9H2,1-2H3. The van der Waals surface area contributed by atoms with Crippen LogP contribution in [0.3, 0.4) is 0 Å². The van der Waals surface area contributed by atoms with Gasteiger partial charge < -0.3 is 19.5 Å². The molecule has 5 nitrogen and oxygen atoms in total. The van der Waals surface area contributed by atoms with Crippen molar-refractivity contribution in [3.63, 3.8) is 0 Å². The molecule has 1 N–H and O–H groups in total. The zero-order valence-electron chi connectivity index (χ0n) is 11.4. The van der Waals surface area contributed by atoms with Crippen molar-refractivity contribution in [1.82, 2.24) is 19.8 Å². The van der Waals surface area contributed by atoms with Crippen LogP contribution in [0.2, 0.25) is 0 Å². The van der Waals surface area contributed by atoms with E-state index in [2.05, 4.69) is 26.8 Å². The minimum absolute atomic E-state index is 0.716. The van der Waals surface area contributed by atoms with Gasteiger partial charge in [-0.1, -0.05) is 0 Å². The van der Waals surface area contributed by atoms with Crippen LogP contribution in [-0.4, -0.2) is 54.8 Å². The van der Waals surface area contributed by atoms with Gasteiger partial charge in [-0.3, -0.25) is 0 Å². The molecule has 1 aromatic heterocycles. The first-order valence-corrected chi connectivity index (χ1v) is 6.70. The molecule has 1 aliphatic carbocycles. The highest BCUT2D eigenvalue weighted by molar-refractivity contribution is 5.03. The third-order valence-electron chi connectivity index (χ3n) is 3.34. The van der Waals surface area contributed by atoms with Crippen molar-refractivity contribution in [3.05, 3.63) is 18.2 Å². The smallest absolute Gasteiger partial charge is 0.0951 e. The lowest BCUT2D eigenvalue weighted by Gasteiger charge is -2.16. The fraction of sp³-hybridized carbons (Fsp3) is 0.769. The normalized spacial score (nSPS) is 15.5. The lowest BCUT2D eigenvalue weighted by molar-refractivity contribution is 0.161. The lowest BCUT2D eigenvalue weighted by atomic mass is 10.4. The molecular weight excluding hydrogens is 228 g/mol. The van der Waals surface area contributed by atoms with Crippen LogP contribution < -0.4 is 5.32 Å². The molecule has 5 heteroatoms. The summed E-state index contributed by atoms with van der Waals surface area (Å²) in [6, 6.07) is 0.716. The van der Waals surface area contributed by atoms with Gasteiger partial charge in [0, 0.05) is 45.5 Å². The average molecular weight is 252 g/mol. The van der Waals surface area contributed by atoms with Crippen molar-refractivity contribution in [2.24, 2.45) is 0 Å². The SMILES string of the molecule is COCCN(C)CCNCc1cncn1C1CC1. The van der Waals surface area contributed by atoms with E-state index in [1.807, 2.05) is 12.5 Å². The van der Waals surface area contributed by atoms with Gasteiger partial charge in [0.05, 0.1) is 18.6 Å². The number of nitrogens with one attached hydrogen (secondary N) is 1. The Bertz CT molecular complexity index is 349. The molecule has 0 aliphatic heterocycles. The maximum Gasteiger partial charge on any atom is 0.0951 e. The number of likely N-dealkylation sites (N-methyl/N-ethyl adjacent to an activating group) is 1. The molecule has 18 heavy (non-hydrogen) atoms. The summed E-state index contributed by atoms with van der Waals surface area (Å²) in [5.74, 6) is 0. The first-order chi connectivity index (χ1) is 8.81. The lowest BCUT2D eigenvalue weighted by Crippen LogP contribution is -2.31. The number of hydrogen-bond donors (Lipinski definition) is 1. The molecule has 1 heterocycles. The van der Waals surface area contributed by atoms with Crippen molar-refractivity contribution in [2.75, 3.05) is 40.4 Å². The van der Waals surface area contributed by atoms with Crippen molar-refractivity contribution in [3.8, 4) is 0 Å². The minimum Gasteiger partial charge on any atom is -0.383 e. The maximum atomic E-state index is 5.05. The van der Waals surface area contributed by atoms with Crippen LogP contribution in [-0.2, 0) is 11.3 Å². The van der Waals surface area contributed by atoms with Gasteiger partial charge >= 0.3 is 0 Å². The molecule has 1 fully saturated rings. The predicted molar refractivity (Wildman–Crippen MR) is 71.6 cm³/mol. The third-order valence-corrected chi connectivity index (χ3v) is 3.34. The summed E-state index contributed by atoms with van der Waals surface area (Å²) >= 11 is 0. The Labute approximate surface area is 109 Å². The Balaban J connectivity index is 1.61. The molecule has 0 unspecified atom stereocenters. The van der Waals surface area contributed by atoms with E-state index < -0.39 is 0 Å². The monoisotopic (exact) mass is 252 g/mol. The van der Waals surface area contributed by atoms with Crippen molar-refractivity contribution in [2.45, 2.75) is 25.4 Å². The fourth-order valence-corrected chi connectivity index (χ4v) is 2.00. The Morgan fingerprint density at radius 2 is 2.33 bits per heavy atom. The zero-order valence-corrected chi connectivity index (χ0v) is 11.4. The average Bonchev–Trinajstić information content (AvgIpc) is 3.12. The van der Waals surface area contributed by atoms with Crippen LogP contribution in [0.5, 0.6) is 0 Å². The maximum absolute atomic E-state index is 5.05. The molecule has 1 saturated carbocycles. The molecule has 2 rings (SSSR count).